The van der Waals surface area contributed by atoms with E-state index in [0.29, 0.717) is 19.6 Å². The van der Waals surface area contributed by atoms with E-state index in [9.17, 15) is 22.6 Å². The third-order valence-electron chi connectivity index (χ3n) is 7.32. The van der Waals surface area contributed by atoms with Crippen LogP contribution >= 0.6 is 24.0 Å². The van der Waals surface area contributed by atoms with Gasteiger partial charge in [0.15, 0.2) is 5.11 Å². The molecule has 8 nitrogen and oxygen atoms in total. The first-order chi connectivity index (χ1) is 21.7. The fourth-order valence-corrected chi connectivity index (χ4v) is 7.09. The normalized spacial score (nSPS) is 17.0. The van der Waals surface area contributed by atoms with Crippen LogP contribution in [-0.2, 0) is 19.7 Å². The van der Waals surface area contributed by atoms with Crippen LogP contribution in [0.15, 0.2) is 95.6 Å². The molecule has 2 amide bonds. The molecule has 0 saturated carbocycles. The summed E-state index contributed by atoms with van der Waals surface area (Å²) in [6, 6.07) is 19.8. The molecule has 2 heterocycles. The van der Waals surface area contributed by atoms with Crippen molar-refractivity contribution in [2.24, 2.45) is 0 Å². The molecule has 4 rings (SSSR count). The number of rotatable bonds is 14. The van der Waals surface area contributed by atoms with Crippen LogP contribution in [0.2, 0.25) is 0 Å². The SMILES string of the molecule is CCCCN1C(=O)C(=CC=CC=C2SC(c3ccccc3)=C(c3ccccc3)N2CCCS(=O)(=O)O)C(=O)N(CCCC)C1=S. The largest absolute Gasteiger partial charge is 0.334 e. The molecule has 45 heavy (non-hydrogen) atoms. The highest BCUT2D eigenvalue weighted by atomic mass is 32.2. The highest BCUT2D eigenvalue weighted by Gasteiger charge is 2.38. The molecule has 1 fully saturated rings. The van der Waals surface area contributed by atoms with Gasteiger partial charge in [0, 0.05) is 24.5 Å². The quantitative estimate of drug-likeness (QED) is 0.103. The molecule has 0 bridgehead atoms. The highest BCUT2D eigenvalue weighted by Crippen LogP contribution is 2.50. The van der Waals surface area contributed by atoms with Crippen LogP contribution in [0.25, 0.3) is 10.6 Å². The van der Waals surface area contributed by atoms with Gasteiger partial charge in [-0.15, -0.1) is 0 Å². The van der Waals surface area contributed by atoms with E-state index >= 15 is 0 Å². The molecule has 0 radical (unpaired) electrons. The molecule has 0 aliphatic carbocycles. The first-order valence-electron chi connectivity index (χ1n) is 15.2. The van der Waals surface area contributed by atoms with Crippen LogP contribution in [0.5, 0.6) is 0 Å². The minimum Gasteiger partial charge on any atom is -0.334 e. The summed E-state index contributed by atoms with van der Waals surface area (Å²) in [5.74, 6) is -1.13. The van der Waals surface area contributed by atoms with E-state index in [0.717, 1.165) is 52.4 Å². The molecule has 11 heteroatoms. The van der Waals surface area contributed by atoms with Gasteiger partial charge in [0.25, 0.3) is 21.9 Å². The smallest absolute Gasteiger partial charge is 0.265 e. The maximum Gasteiger partial charge on any atom is 0.265 e. The van der Waals surface area contributed by atoms with Crippen LogP contribution in [0.3, 0.4) is 0 Å². The van der Waals surface area contributed by atoms with E-state index in [4.69, 9.17) is 12.2 Å². The van der Waals surface area contributed by atoms with Crippen LogP contribution in [0.1, 0.15) is 57.1 Å². The molecule has 0 aromatic heterocycles. The Kier molecular flexibility index (Phi) is 12.3. The lowest BCUT2D eigenvalue weighted by molar-refractivity contribution is -0.133. The number of benzene rings is 2. The van der Waals surface area contributed by atoms with Gasteiger partial charge in [0.2, 0.25) is 0 Å². The van der Waals surface area contributed by atoms with E-state index in [-0.39, 0.29) is 34.7 Å². The first kappa shape index (κ1) is 34.4. The maximum absolute atomic E-state index is 13.4. The molecule has 238 valence electrons. The van der Waals surface area contributed by atoms with Crippen molar-refractivity contribution in [2.75, 3.05) is 25.4 Å². The lowest BCUT2D eigenvalue weighted by atomic mass is 10.1. The van der Waals surface area contributed by atoms with Gasteiger partial charge in [0.1, 0.15) is 5.57 Å². The number of unbranched alkanes of at least 4 members (excludes halogenated alkanes) is 2. The van der Waals surface area contributed by atoms with Gasteiger partial charge >= 0.3 is 0 Å². The standard InChI is InChI=1S/C34H39N3O5S3/c1-3-5-22-36-32(38)28(33(39)37(34(36)43)23-6-4-2)20-13-14-21-29-35(24-15-25-45(40,41)42)30(26-16-9-7-10-17-26)31(44-29)27-18-11-8-12-19-27/h7-14,16-21H,3-6,15,22-25H2,1-2H3,(H,40,41,42). The molecule has 2 aliphatic heterocycles. The van der Waals surface area contributed by atoms with E-state index in [1.165, 1.54) is 9.80 Å². The minimum absolute atomic E-state index is 0.0719. The fourth-order valence-electron chi connectivity index (χ4n) is 5.02. The monoisotopic (exact) mass is 665 g/mol. The lowest BCUT2D eigenvalue weighted by Gasteiger charge is -2.36. The van der Waals surface area contributed by atoms with Crippen molar-refractivity contribution in [3.63, 3.8) is 0 Å². The van der Waals surface area contributed by atoms with Gasteiger partial charge in [-0.2, -0.15) is 8.42 Å². The topological polar surface area (TPSA) is 98.2 Å². The molecule has 0 spiro atoms. The van der Waals surface area contributed by atoms with Crippen molar-refractivity contribution in [3.8, 4) is 0 Å². The van der Waals surface area contributed by atoms with E-state index in [2.05, 4.69) is 4.90 Å². The van der Waals surface area contributed by atoms with Crippen LogP contribution < -0.4 is 0 Å². The zero-order chi connectivity index (χ0) is 32.4. The summed E-state index contributed by atoms with van der Waals surface area (Å²) in [6.07, 6.45) is 10.5. The van der Waals surface area contributed by atoms with Crippen LogP contribution in [-0.4, -0.2) is 70.0 Å². The number of hydrogen-bond acceptors (Lipinski definition) is 7. The van der Waals surface area contributed by atoms with E-state index < -0.39 is 10.1 Å². The Labute approximate surface area is 275 Å². The summed E-state index contributed by atoms with van der Waals surface area (Å²) < 4.78 is 32.5. The second kappa shape index (κ2) is 16.2. The Morgan fingerprint density at radius 3 is 1.80 bits per heavy atom. The second-order valence-electron chi connectivity index (χ2n) is 10.7. The molecule has 2 aliphatic rings. The zero-order valence-electron chi connectivity index (χ0n) is 25.6. The number of carbonyl (C=O) groups excluding carboxylic acids is 2. The summed E-state index contributed by atoms with van der Waals surface area (Å²) in [4.78, 5) is 32.8. The number of nitrogens with zero attached hydrogens (tertiary/aromatic N) is 3. The van der Waals surface area contributed by atoms with Gasteiger partial charge < -0.3 is 4.90 Å². The predicted octanol–water partition coefficient (Wildman–Crippen LogP) is 6.72. The Morgan fingerprint density at radius 1 is 0.756 bits per heavy atom. The summed E-state index contributed by atoms with van der Waals surface area (Å²) in [5.41, 5.74) is 3.00. The average Bonchev–Trinajstić information content (AvgIpc) is 3.39. The Hall–Kier alpha value is -3.51. The predicted molar refractivity (Wildman–Crippen MR) is 186 cm³/mol. The first-order valence-corrected chi connectivity index (χ1v) is 18.0. The summed E-state index contributed by atoms with van der Waals surface area (Å²) in [5, 5.41) is 1.11. The summed E-state index contributed by atoms with van der Waals surface area (Å²) in [6.45, 7) is 5.35. The third kappa shape index (κ3) is 8.82. The Balaban J connectivity index is 1.69. The van der Waals surface area contributed by atoms with Gasteiger partial charge in [-0.3, -0.25) is 23.9 Å². The minimum atomic E-state index is -4.12. The van der Waals surface area contributed by atoms with Crippen molar-refractivity contribution in [1.82, 2.24) is 14.7 Å². The highest BCUT2D eigenvalue weighted by molar-refractivity contribution is 8.12. The average molecular weight is 666 g/mol. The molecule has 1 saturated heterocycles. The molecule has 0 unspecified atom stereocenters. The molecular weight excluding hydrogens is 627 g/mol. The maximum atomic E-state index is 13.4. The van der Waals surface area contributed by atoms with Gasteiger partial charge in [-0.25, -0.2) is 0 Å². The zero-order valence-corrected chi connectivity index (χ0v) is 28.0. The number of allylic oxidation sites excluding steroid dienone is 4. The second-order valence-corrected chi connectivity index (χ2v) is 13.6. The number of hydrogen-bond donors (Lipinski definition) is 1. The van der Waals surface area contributed by atoms with Crippen LogP contribution in [0.4, 0.5) is 0 Å². The number of carbonyl (C=O) groups is 2. The molecule has 1 N–H and O–H groups in total. The fraction of sp³-hybridized carbons (Fsp3) is 0.324. The summed E-state index contributed by atoms with van der Waals surface area (Å²) >= 11 is 7.11. The molecule has 2 aromatic carbocycles. The number of thiocarbonyl (C=S) groups is 1. The Bertz CT molecular complexity index is 1580. The van der Waals surface area contributed by atoms with Crippen molar-refractivity contribution in [1.29, 1.82) is 0 Å². The van der Waals surface area contributed by atoms with Gasteiger partial charge in [-0.1, -0.05) is 111 Å². The van der Waals surface area contributed by atoms with E-state index in [1.54, 1.807) is 30.0 Å². The van der Waals surface area contributed by atoms with Crippen LogP contribution in [0, 0.1) is 0 Å². The van der Waals surface area contributed by atoms with Crippen molar-refractivity contribution in [3.05, 3.63) is 107 Å². The lowest BCUT2D eigenvalue weighted by Crippen LogP contribution is -2.56. The number of amides is 2. The molecule has 2 aromatic rings. The van der Waals surface area contributed by atoms with Gasteiger partial charge in [-0.05, 0) is 54.8 Å². The Morgan fingerprint density at radius 2 is 1.27 bits per heavy atom. The van der Waals surface area contributed by atoms with E-state index in [1.807, 2.05) is 80.6 Å². The number of thioether (sulfide) groups is 1. The van der Waals surface area contributed by atoms with Gasteiger partial charge in [0.05, 0.1) is 16.5 Å². The summed E-state index contributed by atoms with van der Waals surface area (Å²) in [7, 11) is -4.12. The third-order valence-corrected chi connectivity index (χ3v) is 9.77. The van der Waals surface area contributed by atoms with Crippen molar-refractivity contribution >= 4 is 61.6 Å². The molecular formula is C34H39N3O5S3. The van der Waals surface area contributed by atoms with Crippen molar-refractivity contribution in [2.45, 2.75) is 46.0 Å². The van der Waals surface area contributed by atoms with Crippen molar-refractivity contribution < 1.29 is 22.6 Å². The molecule has 0 atom stereocenters.